The largest absolute Gasteiger partial charge is 0.493 e. The third-order valence-corrected chi connectivity index (χ3v) is 4.58. The van der Waals surface area contributed by atoms with Crippen molar-refractivity contribution in [3.63, 3.8) is 0 Å². The molecule has 3 N–H and O–H groups in total. The number of rotatable bonds is 4. The minimum absolute atomic E-state index is 0.00601. The molecule has 9 heteroatoms. The highest BCUT2D eigenvalue weighted by Gasteiger charge is 2.19. The molecule has 1 amide bonds. The number of benzene rings is 2. The highest BCUT2D eigenvalue weighted by molar-refractivity contribution is 6.33. The molecule has 1 aromatic heterocycles. The van der Waals surface area contributed by atoms with Crippen molar-refractivity contribution in [3.05, 3.63) is 91.1 Å². The van der Waals surface area contributed by atoms with Crippen molar-refractivity contribution >= 4 is 23.2 Å². The Kier molecular flexibility index (Phi) is 5.65. The molecule has 0 bridgehead atoms. The van der Waals surface area contributed by atoms with E-state index in [0.29, 0.717) is 11.3 Å². The molecule has 0 saturated heterocycles. The topological polar surface area (TPSA) is 117 Å². The molecule has 2 aromatic carbocycles. The van der Waals surface area contributed by atoms with Crippen molar-refractivity contribution in [2.45, 2.75) is 13.8 Å². The molecule has 0 aliphatic carbocycles. The van der Waals surface area contributed by atoms with Gasteiger partial charge in [-0.15, -0.1) is 0 Å². The maximum atomic E-state index is 12.3. The Hall–Kier alpha value is -3.65. The Balaban J connectivity index is 2.04. The molecule has 0 saturated carbocycles. The second kappa shape index (κ2) is 8.15. The van der Waals surface area contributed by atoms with Gasteiger partial charge in [0.05, 0.1) is 22.0 Å². The second-order valence-electron chi connectivity index (χ2n) is 6.20. The van der Waals surface area contributed by atoms with Crippen LogP contribution < -0.4 is 16.7 Å². The summed E-state index contributed by atoms with van der Waals surface area (Å²) in [6.07, 6.45) is 0. The first-order valence-corrected chi connectivity index (χ1v) is 8.93. The van der Waals surface area contributed by atoms with Crippen molar-refractivity contribution in [3.8, 4) is 11.6 Å². The highest BCUT2D eigenvalue weighted by atomic mass is 35.5. The van der Waals surface area contributed by atoms with Gasteiger partial charge in [0.15, 0.2) is 0 Å². The molecule has 0 aliphatic heterocycles. The lowest BCUT2D eigenvalue weighted by Crippen LogP contribution is -2.33. The summed E-state index contributed by atoms with van der Waals surface area (Å²) in [5.41, 5.74) is 1.75. The Morgan fingerprint density at radius 1 is 1.14 bits per heavy atom. The molecule has 8 nitrogen and oxygen atoms in total. The van der Waals surface area contributed by atoms with Gasteiger partial charge in [0.1, 0.15) is 5.56 Å². The van der Waals surface area contributed by atoms with Crippen LogP contribution in [0.25, 0.3) is 5.69 Å². The first kappa shape index (κ1) is 20.1. The molecule has 0 unspecified atom stereocenters. The van der Waals surface area contributed by atoms with E-state index in [2.05, 4.69) is 15.5 Å². The number of H-pyrrole nitrogens is 1. The van der Waals surface area contributed by atoms with E-state index >= 15 is 0 Å². The molecule has 148 valence electrons. The van der Waals surface area contributed by atoms with Gasteiger partial charge in [-0.1, -0.05) is 41.9 Å². The molecule has 3 rings (SSSR count). The number of carbonyl (C=O) groups excluding carboxylic acids is 1. The summed E-state index contributed by atoms with van der Waals surface area (Å²) in [5, 5.41) is 14.8. The molecular formula is C20H17ClN4O4. The normalized spacial score (nSPS) is 11.3. The lowest BCUT2D eigenvalue weighted by molar-refractivity contribution is 0.0955. The highest BCUT2D eigenvalue weighted by Crippen LogP contribution is 2.20. The van der Waals surface area contributed by atoms with Gasteiger partial charge in [0.25, 0.3) is 11.5 Å². The monoisotopic (exact) mass is 412 g/mol. The van der Waals surface area contributed by atoms with Crippen molar-refractivity contribution < 1.29 is 9.90 Å². The van der Waals surface area contributed by atoms with E-state index in [0.717, 1.165) is 4.57 Å². The average Bonchev–Trinajstić information content (AvgIpc) is 2.67. The van der Waals surface area contributed by atoms with Gasteiger partial charge in [-0.3, -0.25) is 14.6 Å². The van der Waals surface area contributed by atoms with E-state index in [-0.39, 0.29) is 21.9 Å². The summed E-state index contributed by atoms with van der Waals surface area (Å²) >= 11 is 5.98. The SMILES string of the molecule is C/C(=N\NC(=O)c1ccccc1Cl)c1c(O)n(-c2ccccc2C)c(=O)[nH]c1=O. The van der Waals surface area contributed by atoms with Gasteiger partial charge in [-0.25, -0.2) is 14.8 Å². The number of hydrazone groups is 1. The first-order chi connectivity index (χ1) is 13.8. The van der Waals surface area contributed by atoms with Crippen LogP contribution in [0.15, 0.2) is 63.2 Å². The van der Waals surface area contributed by atoms with Gasteiger partial charge >= 0.3 is 5.69 Å². The number of aromatic amines is 1. The fraction of sp³-hybridized carbons (Fsp3) is 0.100. The molecule has 0 fully saturated rings. The lowest BCUT2D eigenvalue weighted by Gasteiger charge is -2.13. The maximum absolute atomic E-state index is 12.3. The minimum Gasteiger partial charge on any atom is -0.493 e. The van der Waals surface area contributed by atoms with E-state index in [1.807, 2.05) is 0 Å². The summed E-state index contributed by atoms with van der Waals surface area (Å²) in [4.78, 5) is 39.0. The van der Waals surface area contributed by atoms with Crippen LogP contribution in [-0.2, 0) is 0 Å². The molecule has 0 aliphatic rings. The van der Waals surface area contributed by atoms with Crippen LogP contribution >= 0.6 is 11.6 Å². The molecule has 0 atom stereocenters. The average molecular weight is 413 g/mol. The molecule has 1 heterocycles. The van der Waals surface area contributed by atoms with Crippen molar-refractivity contribution in [2.75, 3.05) is 0 Å². The molecule has 0 radical (unpaired) electrons. The van der Waals surface area contributed by atoms with Crippen LogP contribution in [0.5, 0.6) is 5.88 Å². The van der Waals surface area contributed by atoms with Crippen molar-refractivity contribution in [2.24, 2.45) is 5.10 Å². The predicted molar refractivity (Wildman–Crippen MR) is 110 cm³/mol. The van der Waals surface area contributed by atoms with Crippen molar-refractivity contribution in [1.82, 2.24) is 15.0 Å². The number of aromatic hydroxyl groups is 1. The smallest absolute Gasteiger partial charge is 0.335 e. The number of nitrogens with one attached hydrogen (secondary N) is 2. The third kappa shape index (κ3) is 3.97. The number of halogens is 1. The maximum Gasteiger partial charge on any atom is 0.335 e. The Morgan fingerprint density at radius 2 is 1.79 bits per heavy atom. The summed E-state index contributed by atoms with van der Waals surface area (Å²) in [5.74, 6) is -1.17. The number of hydrogen-bond acceptors (Lipinski definition) is 5. The van der Waals surface area contributed by atoms with E-state index in [1.165, 1.54) is 13.0 Å². The quantitative estimate of drug-likeness (QED) is 0.450. The molecule has 0 spiro atoms. The summed E-state index contributed by atoms with van der Waals surface area (Å²) in [6.45, 7) is 3.18. The molecule has 3 aromatic rings. The van der Waals surface area contributed by atoms with Crippen LogP contribution in [-0.4, -0.2) is 26.3 Å². The Labute approximate surface area is 170 Å². The summed E-state index contributed by atoms with van der Waals surface area (Å²) in [6, 6.07) is 13.3. The number of aromatic nitrogens is 2. The van der Waals surface area contributed by atoms with Gasteiger partial charge < -0.3 is 5.11 Å². The fourth-order valence-corrected chi connectivity index (χ4v) is 3.01. The summed E-state index contributed by atoms with van der Waals surface area (Å²) < 4.78 is 0.973. The first-order valence-electron chi connectivity index (χ1n) is 8.55. The van der Waals surface area contributed by atoms with Crippen LogP contribution in [0.2, 0.25) is 5.02 Å². The zero-order valence-corrected chi connectivity index (χ0v) is 16.3. The minimum atomic E-state index is -0.828. The van der Waals surface area contributed by atoms with E-state index in [4.69, 9.17) is 11.6 Å². The van der Waals surface area contributed by atoms with Crippen molar-refractivity contribution in [1.29, 1.82) is 0 Å². The van der Waals surface area contributed by atoms with Crippen LogP contribution in [0.1, 0.15) is 28.4 Å². The van der Waals surface area contributed by atoms with E-state index in [9.17, 15) is 19.5 Å². The number of aryl methyl sites for hydroxylation is 1. The van der Waals surface area contributed by atoms with Gasteiger partial charge in [-0.2, -0.15) is 5.10 Å². The third-order valence-electron chi connectivity index (χ3n) is 4.25. The fourth-order valence-electron chi connectivity index (χ4n) is 2.79. The Bertz CT molecular complexity index is 1240. The summed E-state index contributed by atoms with van der Waals surface area (Å²) in [7, 11) is 0. The number of amides is 1. The zero-order chi connectivity index (χ0) is 21.1. The molecule has 29 heavy (non-hydrogen) atoms. The van der Waals surface area contributed by atoms with E-state index < -0.39 is 23.0 Å². The van der Waals surface area contributed by atoms with Gasteiger partial charge in [0.2, 0.25) is 5.88 Å². The number of hydrogen-bond donors (Lipinski definition) is 3. The Morgan fingerprint density at radius 3 is 2.48 bits per heavy atom. The lowest BCUT2D eigenvalue weighted by atomic mass is 10.1. The van der Waals surface area contributed by atoms with E-state index in [1.54, 1.807) is 49.4 Å². The molecular weight excluding hydrogens is 396 g/mol. The number of nitrogens with zero attached hydrogens (tertiary/aromatic N) is 2. The number of para-hydroxylation sites is 1. The van der Waals surface area contributed by atoms with Crippen LogP contribution in [0, 0.1) is 6.92 Å². The zero-order valence-electron chi connectivity index (χ0n) is 15.6. The number of carbonyl (C=O) groups is 1. The second-order valence-corrected chi connectivity index (χ2v) is 6.60. The van der Waals surface area contributed by atoms with Gasteiger partial charge in [0, 0.05) is 0 Å². The predicted octanol–water partition coefficient (Wildman–Crippen LogP) is 2.35. The van der Waals surface area contributed by atoms with Crippen LogP contribution in [0.3, 0.4) is 0 Å². The van der Waals surface area contributed by atoms with Crippen LogP contribution in [0.4, 0.5) is 0 Å². The van der Waals surface area contributed by atoms with Gasteiger partial charge in [-0.05, 0) is 37.6 Å². The standard InChI is InChI=1S/C20H17ClN4O4/c1-11-7-3-6-10-15(11)25-19(28)16(18(27)22-20(25)29)12(2)23-24-17(26)13-8-4-5-9-14(13)21/h3-10,28H,1-2H3,(H,24,26)(H,22,27,29)/b23-12+.